The van der Waals surface area contributed by atoms with Gasteiger partial charge >= 0.3 is 0 Å². The van der Waals surface area contributed by atoms with E-state index in [2.05, 4.69) is 6.92 Å². The first-order valence-electron chi connectivity index (χ1n) is 9.93. The largest absolute Gasteiger partial charge is 0.0654 e. The molecule has 0 atom stereocenters. The van der Waals surface area contributed by atoms with E-state index in [1.165, 1.54) is 103 Å². The van der Waals surface area contributed by atoms with E-state index in [4.69, 9.17) is 0 Å². The van der Waals surface area contributed by atoms with E-state index < -0.39 is 0 Å². The van der Waals surface area contributed by atoms with Crippen LogP contribution in [0.2, 0.25) is 0 Å². The lowest BCUT2D eigenvalue weighted by molar-refractivity contribution is 0.525. The van der Waals surface area contributed by atoms with E-state index in [1.807, 2.05) is 0 Å². The second-order valence-electron chi connectivity index (χ2n) is 7.18. The van der Waals surface area contributed by atoms with Crippen molar-refractivity contribution >= 4 is 0 Å². The second-order valence-corrected chi connectivity index (χ2v) is 7.18. The van der Waals surface area contributed by atoms with Gasteiger partial charge in [0, 0.05) is 0 Å². The van der Waals surface area contributed by atoms with Gasteiger partial charge in [-0.2, -0.15) is 0 Å². The van der Waals surface area contributed by atoms with Gasteiger partial charge in [-0.3, -0.25) is 0 Å². The highest BCUT2D eigenvalue weighted by atomic mass is 14.3. The molecule has 0 radical (unpaired) electrons. The number of rotatable bonds is 16. The minimum Gasteiger partial charge on any atom is -0.0654 e. The maximum Gasteiger partial charge on any atom is -0.0414 e. The van der Waals surface area contributed by atoms with Gasteiger partial charge in [-0.1, -0.05) is 122 Å². The van der Waals surface area contributed by atoms with Crippen molar-refractivity contribution in [3.05, 3.63) is 0 Å². The highest BCUT2D eigenvalue weighted by molar-refractivity contribution is 4.72. The Kier molecular flexibility index (Phi) is 12.6. The van der Waals surface area contributed by atoms with Crippen LogP contribution in [0.4, 0.5) is 0 Å². The molecular formula is C20H40. The number of hydrogen-bond donors (Lipinski definition) is 0. The molecule has 0 heteroatoms. The summed E-state index contributed by atoms with van der Waals surface area (Å²) in [6.45, 7) is 2.30. The lowest BCUT2D eigenvalue weighted by atomic mass is 10.0. The first-order valence-corrected chi connectivity index (χ1v) is 9.93. The molecule has 0 aromatic carbocycles. The number of unbranched alkanes of at least 4 members (excludes halogenated alkanes) is 14. The average molecular weight is 281 g/mol. The van der Waals surface area contributed by atoms with Crippen LogP contribution in [-0.2, 0) is 0 Å². The Morgan fingerprint density at radius 3 is 1.20 bits per heavy atom. The van der Waals surface area contributed by atoms with Crippen LogP contribution in [0.1, 0.15) is 122 Å². The Labute approximate surface area is 129 Å². The molecule has 1 saturated carbocycles. The van der Waals surface area contributed by atoms with E-state index in [9.17, 15) is 0 Å². The molecular weight excluding hydrogens is 240 g/mol. The highest BCUT2D eigenvalue weighted by Crippen LogP contribution is 2.34. The van der Waals surface area contributed by atoms with Gasteiger partial charge in [0.25, 0.3) is 0 Å². The molecule has 0 spiro atoms. The third-order valence-corrected chi connectivity index (χ3v) is 4.91. The van der Waals surface area contributed by atoms with Crippen LogP contribution in [0.15, 0.2) is 0 Å². The minimum absolute atomic E-state index is 1.15. The number of hydrogen-bond acceptors (Lipinski definition) is 0. The Bertz CT molecular complexity index is 180. The molecule has 0 aromatic rings. The molecule has 0 aliphatic heterocycles. The van der Waals surface area contributed by atoms with Gasteiger partial charge in [0.15, 0.2) is 0 Å². The first kappa shape index (κ1) is 18.1. The van der Waals surface area contributed by atoms with E-state index in [1.54, 1.807) is 12.8 Å². The molecule has 1 fully saturated rings. The summed E-state index contributed by atoms with van der Waals surface area (Å²) in [5, 5.41) is 0. The lowest BCUT2D eigenvalue weighted by Gasteiger charge is -2.03. The van der Waals surface area contributed by atoms with Crippen LogP contribution in [0.25, 0.3) is 0 Å². The predicted octanol–water partition coefficient (Wildman–Crippen LogP) is 7.66. The van der Waals surface area contributed by atoms with E-state index in [0.717, 1.165) is 5.92 Å². The van der Waals surface area contributed by atoms with Crippen molar-refractivity contribution in [2.75, 3.05) is 0 Å². The molecule has 0 aromatic heterocycles. The zero-order valence-corrected chi connectivity index (χ0v) is 14.3. The van der Waals surface area contributed by atoms with Crippen molar-refractivity contribution in [2.24, 2.45) is 5.92 Å². The van der Waals surface area contributed by atoms with Crippen molar-refractivity contribution in [1.82, 2.24) is 0 Å². The van der Waals surface area contributed by atoms with Crippen LogP contribution >= 0.6 is 0 Å². The summed E-state index contributed by atoms with van der Waals surface area (Å²) in [5.74, 6) is 1.15. The van der Waals surface area contributed by atoms with Gasteiger partial charge < -0.3 is 0 Å². The van der Waals surface area contributed by atoms with Crippen molar-refractivity contribution in [3.8, 4) is 0 Å². The van der Waals surface area contributed by atoms with Crippen LogP contribution in [0, 0.1) is 5.92 Å². The second kappa shape index (κ2) is 14.0. The summed E-state index contributed by atoms with van der Waals surface area (Å²) in [7, 11) is 0. The molecule has 120 valence electrons. The summed E-state index contributed by atoms with van der Waals surface area (Å²) < 4.78 is 0. The fraction of sp³-hybridized carbons (Fsp3) is 1.00. The van der Waals surface area contributed by atoms with Gasteiger partial charge in [-0.15, -0.1) is 0 Å². The van der Waals surface area contributed by atoms with Gasteiger partial charge in [0.05, 0.1) is 0 Å². The summed E-state index contributed by atoms with van der Waals surface area (Å²) in [4.78, 5) is 0. The molecule has 0 bridgehead atoms. The molecule has 0 amide bonds. The lowest BCUT2D eigenvalue weighted by Crippen LogP contribution is -1.84. The van der Waals surface area contributed by atoms with E-state index in [0.29, 0.717) is 0 Å². The van der Waals surface area contributed by atoms with E-state index in [-0.39, 0.29) is 0 Å². The summed E-state index contributed by atoms with van der Waals surface area (Å²) in [5.41, 5.74) is 0. The zero-order chi connectivity index (χ0) is 14.3. The molecule has 1 aliphatic rings. The summed E-state index contributed by atoms with van der Waals surface area (Å²) >= 11 is 0. The maximum atomic E-state index is 2.30. The first-order chi connectivity index (χ1) is 9.93. The summed E-state index contributed by atoms with van der Waals surface area (Å²) in [6, 6.07) is 0. The molecule has 0 saturated heterocycles. The third-order valence-electron chi connectivity index (χ3n) is 4.91. The Morgan fingerprint density at radius 1 is 0.500 bits per heavy atom. The monoisotopic (exact) mass is 280 g/mol. The zero-order valence-electron chi connectivity index (χ0n) is 14.3. The predicted molar refractivity (Wildman–Crippen MR) is 92.3 cm³/mol. The van der Waals surface area contributed by atoms with E-state index >= 15 is 0 Å². The van der Waals surface area contributed by atoms with Gasteiger partial charge in [-0.25, -0.2) is 0 Å². The van der Waals surface area contributed by atoms with Gasteiger partial charge in [-0.05, 0) is 5.92 Å². The quantitative estimate of drug-likeness (QED) is 0.255. The van der Waals surface area contributed by atoms with Crippen molar-refractivity contribution < 1.29 is 0 Å². The Hall–Kier alpha value is 0. The molecule has 1 aliphatic carbocycles. The Balaban J connectivity index is 1.60. The molecule has 1 rings (SSSR count). The van der Waals surface area contributed by atoms with Crippen LogP contribution in [0.5, 0.6) is 0 Å². The fourth-order valence-corrected chi connectivity index (χ4v) is 3.21. The molecule has 0 heterocycles. The fourth-order valence-electron chi connectivity index (χ4n) is 3.21. The normalized spacial score (nSPS) is 14.8. The van der Waals surface area contributed by atoms with Crippen LogP contribution in [-0.4, -0.2) is 0 Å². The van der Waals surface area contributed by atoms with Crippen molar-refractivity contribution in [1.29, 1.82) is 0 Å². The smallest absolute Gasteiger partial charge is 0.0414 e. The van der Waals surface area contributed by atoms with Crippen LogP contribution in [0.3, 0.4) is 0 Å². The van der Waals surface area contributed by atoms with Crippen LogP contribution < -0.4 is 0 Å². The molecule has 0 N–H and O–H groups in total. The SMILES string of the molecule is CCCCCCCCCCCCCCCCCC1CC1. The Morgan fingerprint density at radius 2 is 0.850 bits per heavy atom. The minimum atomic E-state index is 1.15. The van der Waals surface area contributed by atoms with Crippen molar-refractivity contribution in [3.63, 3.8) is 0 Å². The van der Waals surface area contributed by atoms with Crippen molar-refractivity contribution in [2.45, 2.75) is 122 Å². The van der Waals surface area contributed by atoms with Gasteiger partial charge in [0.1, 0.15) is 0 Å². The maximum absolute atomic E-state index is 2.30. The van der Waals surface area contributed by atoms with Gasteiger partial charge in [0.2, 0.25) is 0 Å². The molecule has 20 heavy (non-hydrogen) atoms. The summed E-state index contributed by atoms with van der Waals surface area (Å²) in [6.07, 6.45) is 26.9. The topological polar surface area (TPSA) is 0 Å². The standard InChI is InChI=1S/C20H40/c1-2-3-4-5-6-7-8-9-10-11-12-13-14-15-16-17-20-18-19-20/h20H,2-19H2,1H3. The molecule has 0 nitrogen and oxygen atoms in total. The molecule has 0 unspecified atom stereocenters. The average Bonchev–Trinajstić information content (AvgIpc) is 3.27. The third kappa shape index (κ3) is 13.0. The highest BCUT2D eigenvalue weighted by Gasteiger charge is 2.19.